The number of aliphatic imine (C=N–C) groups is 2. The first-order valence-electron chi connectivity index (χ1n) is 33.3. The second kappa shape index (κ2) is 44.8. The number of para-hydroxylation sites is 1. The van der Waals surface area contributed by atoms with Crippen molar-refractivity contribution < 1.29 is 33.5 Å². The Balaban J connectivity index is 0.921. The number of unbranched alkanes of at least 4 members (excludes halogenated alkanes) is 34. The summed E-state index contributed by atoms with van der Waals surface area (Å²) >= 11 is 0. The van der Waals surface area contributed by atoms with Crippen molar-refractivity contribution >= 4 is 41.4 Å². The number of carbonyl (C=O) groups excluding carboxylic acids is 2. The third-order valence-electron chi connectivity index (χ3n) is 15.8. The van der Waals surface area contributed by atoms with Gasteiger partial charge in [-0.3, -0.25) is 20.1 Å². The molecule has 0 aliphatic carbocycles. The summed E-state index contributed by atoms with van der Waals surface area (Å²) in [7, 11) is 0. The Morgan fingerprint density at radius 2 is 0.647 bits per heavy atom. The van der Waals surface area contributed by atoms with Crippen LogP contribution in [0.3, 0.4) is 0 Å². The summed E-state index contributed by atoms with van der Waals surface area (Å²) < 4.78 is 23.0. The molecule has 0 heterocycles. The van der Waals surface area contributed by atoms with Crippen LogP contribution in [0, 0.1) is 10.1 Å². The van der Waals surface area contributed by atoms with Gasteiger partial charge in [0.15, 0.2) is 0 Å². The Labute approximate surface area is 511 Å². The largest absolute Gasteiger partial charge is 0.494 e. The fourth-order valence-electron chi connectivity index (χ4n) is 10.5. The number of hydrogen-bond donors (Lipinski definition) is 0. The molecule has 0 fully saturated rings. The molecule has 462 valence electrons. The van der Waals surface area contributed by atoms with Gasteiger partial charge < -0.3 is 18.9 Å². The van der Waals surface area contributed by atoms with E-state index in [0.717, 1.165) is 35.5 Å². The van der Waals surface area contributed by atoms with Gasteiger partial charge in [-0.15, -0.1) is 0 Å². The Kier molecular flexibility index (Phi) is 36.4. The summed E-state index contributed by atoms with van der Waals surface area (Å²) in [5.41, 5.74) is 2.63. The summed E-state index contributed by atoms with van der Waals surface area (Å²) in [5.74, 6) is -0.729. The number of nitro groups is 1. The highest BCUT2D eigenvalue weighted by Crippen LogP contribution is 2.38. The number of benzene rings is 5. The maximum atomic E-state index is 13.2. The van der Waals surface area contributed by atoms with Crippen LogP contribution in [-0.2, 0) is 0 Å². The summed E-state index contributed by atoms with van der Waals surface area (Å²) in [6, 6.07) is 32.3. The van der Waals surface area contributed by atoms with E-state index >= 15 is 0 Å². The van der Waals surface area contributed by atoms with Gasteiger partial charge in [-0.05, 0) is 133 Å². The first-order valence-corrected chi connectivity index (χ1v) is 33.3. The van der Waals surface area contributed by atoms with Crippen LogP contribution in [0.1, 0.15) is 277 Å². The molecule has 85 heavy (non-hydrogen) atoms. The minimum atomic E-state index is -0.825. The smallest absolute Gasteiger partial charge is 0.353 e. The molecule has 11 heteroatoms. The van der Waals surface area contributed by atoms with Gasteiger partial charge in [0.2, 0.25) is 11.5 Å². The van der Waals surface area contributed by atoms with Crippen LogP contribution >= 0.6 is 0 Å². The van der Waals surface area contributed by atoms with Crippen molar-refractivity contribution in [3.8, 4) is 23.0 Å². The van der Waals surface area contributed by atoms with Crippen LogP contribution < -0.4 is 18.9 Å². The number of esters is 2. The van der Waals surface area contributed by atoms with E-state index in [-0.39, 0.29) is 22.6 Å². The van der Waals surface area contributed by atoms with Gasteiger partial charge in [-0.1, -0.05) is 238 Å². The molecule has 0 spiro atoms. The molecule has 0 aliphatic rings. The average Bonchev–Trinajstić information content (AvgIpc) is 3.61. The van der Waals surface area contributed by atoms with Crippen LogP contribution in [0.25, 0.3) is 0 Å². The molecular formula is C74H103N3O8. The SMILES string of the molecule is CCCCCCCCCCCCCCCCCCCCOc1ccc(C=Nc2ccc(C(=O)Oc3cccc(OC(=O)c4ccc(N=Cc5ccc(OCCCCCCCCCCCCCCCCCCCC)cc5)cc4)c3[N+](=O)[O-])cc2)cc1. The minimum Gasteiger partial charge on any atom is -0.494 e. The van der Waals surface area contributed by atoms with E-state index in [1.807, 2.05) is 48.5 Å². The number of ether oxygens (including phenoxy) is 4. The fourth-order valence-corrected chi connectivity index (χ4v) is 10.5. The molecule has 0 amide bonds. The molecule has 0 bridgehead atoms. The van der Waals surface area contributed by atoms with E-state index in [4.69, 9.17) is 18.9 Å². The second-order valence-electron chi connectivity index (χ2n) is 23.1. The number of nitro benzene ring substituents is 1. The standard InChI is InChI=1S/C74H103N3O8/c1-3-5-7-9-11-13-15-17-19-21-23-25-27-29-31-33-35-37-58-82-68-54-42-62(43-55-68)60-75-66-50-46-64(47-51-66)73(78)84-70-40-39-41-71(72(70)77(80)81)85-74(79)65-48-52-67(53-49-65)76-61-63-44-56-69(57-45-63)83-59-38-36-34-32-30-28-26-24-22-20-18-16-14-12-10-8-6-4-2/h39-57,60-61H,3-38,58-59H2,1-2H3. The van der Waals surface area contributed by atoms with E-state index in [0.29, 0.717) is 24.6 Å². The van der Waals surface area contributed by atoms with Crippen LogP contribution in [0.15, 0.2) is 125 Å². The average molecular weight is 1160 g/mol. The lowest BCUT2D eigenvalue weighted by Gasteiger charge is -2.09. The number of rotatable bonds is 49. The van der Waals surface area contributed by atoms with Gasteiger partial charge in [0.05, 0.1) is 40.6 Å². The summed E-state index contributed by atoms with van der Waals surface area (Å²) in [5, 5.41) is 12.3. The van der Waals surface area contributed by atoms with Gasteiger partial charge in [0, 0.05) is 12.4 Å². The predicted molar refractivity (Wildman–Crippen MR) is 352 cm³/mol. The highest BCUT2D eigenvalue weighted by atomic mass is 16.6. The summed E-state index contributed by atoms with van der Waals surface area (Å²) in [6.07, 6.45) is 52.2. The second-order valence-corrected chi connectivity index (χ2v) is 23.1. The Morgan fingerprint density at radius 1 is 0.376 bits per heavy atom. The highest BCUT2D eigenvalue weighted by molar-refractivity contribution is 5.94. The van der Waals surface area contributed by atoms with E-state index < -0.39 is 22.5 Å². The molecule has 5 aromatic rings. The van der Waals surface area contributed by atoms with Gasteiger partial charge in [0.1, 0.15) is 11.5 Å². The van der Waals surface area contributed by atoms with Gasteiger partial charge in [-0.25, -0.2) is 9.59 Å². The van der Waals surface area contributed by atoms with Crippen molar-refractivity contribution in [3.63, 3.8) is 0 Å². The Bertz CT molecular complexity index is 2440. The third kappa shape index (κ3) is 30.9. The lowest BCUT2D eigenvalue weighted by Crippen LogP contribution is -2.12. The first kappa shape index (κ1) is 69.2. The zero-order chi connectivity index (χ0) is 60.0. The van der Waals surface area contributed by atoms with Gasteiger partial charge in [0.25, 0.3) is 0 Å². The van der Waals surface area contributed by atoms with Crippen LogP contribution in [0.5, 0.6) is 23.0 Å². The minimum absolute atomic E-state index is 0.155. The normalized spacial score (nSPS) is 11.4. The van der Waals surface area contributed by atoms with Gasteiger partial charge in [-0.2, -0.15) is 0 Å². The molecular weight excluding hydrogens is 1060 g/mol. The summed E-state index contributed by atoms with van der Waals surface area (Å²) in [4.78, 5) is 47.1. The topological polar surface area (TPSA) is 139 Å². The molecule has 0 aliphatic heterocycles. The highest BCUT2D eigenvalue weighted by Gasteiger charge is 2.27. The Morgan fingerprint density at radius 3 is 0.918 bits per heavy atom. The first-order chi connectivity index (χ1) is 41.8. The molecule has 0 saturated heterocycles. The molecule has 0 atom stereocenters. The fraction of sp³-hybridized carbons (Fsp3) is 0.541. The van der Waals surface area contributed by atoms with E-state index in [1.165, 1.54) is 261 Å². The van der Waals surface area contributed by atoms with Crippen LogP contribution in [-0.4, -0.2) is 42.5 Å². The molecule has 11 nitrogen and oxygen atoms in total. The third-order valence-corrected chi connectivity index (χ3v) is 15.8. The molecule has 0 saturated carbocycles. The quantitative estimate of drug-likeness (QED) is 0.00937. The molecule has 5 aromatic carbocycles. The van der Waals surface area contributed by atoms with E-state index in [2.05, 4.69) is 23.8 Å². The summed E-state index contributed by atoms with van der Waals surface area (Å²) in [6.45, 7) is 5.97. The van der Waals surface area contributed by atoms with Crippen molar-refractivity contribution in [1.82, 2.24) is 0 Å². The number of hydrogen-bond acceptors (Lipinski definition) is 10. The van der Waals surface area contributed by atoms with Crippen molar-refractivity contribution in [2.24, 2.45) is 9.98 Å². The lowest BCUT2D eigenvalue weighted by molar-refractivity contribution is -0.386. The van der Waals surface area contributed by atoms with Crippen molar-refractivity contribution in [3.05, 3.63) is 148 Å². The van der Waals surface area contributed by atoms with Crippen molar-refractivity contribution in [1.29, 1.82) is 0 Å². The van der Waals surface area contributed by atoms with E-state index in [1.54, 1.807) is 36.7 Å². The monoisotopic (exact) mass is 1160 g/mol. The zero-order valence-corrected chi connectivity index (χ0v) is 52.1. The number of nitrogens with zero attached hydrogens (tertiary/aromatic N) is 3. The molecule has 5 rings (SSSR count). The van der Waals surface area contributed by atoms with Crippen LogP contribution in [0.2, 0.25) is 0 Å². The molecule has 0 radical (unpaired) electrons. The molecule has 0 N–H and O–H groups in total. The Hall–Kier alpha value is -6.62. The van der Waals surface area contributed by atoms with E-state index in [9.17, 15) is 19.7 Å². The molecule has 0 aromatic heterocycles. The predicted octanol–water partition coefficient (Wildman–Crippen LogP) is 22.4. The molecule has 0 unspecified atom stereocenters. The maximum Gasteiger partial charge on any atom is 0.353 e. The maximum absolute atomic E-state index is 13.2. The van der Waals surface area contributed by atoms with Crippen molar-refractivity contribution in [2.75, 3.05) is 13.2 Å². The lowest BCUT2D eigenvalue weighted by atomic mass is 10.0. The number of carbonyl (C=O) groups is 2. The van der Waals surface area contributed by atoms with Crippen molar-refractivity contribution in [2.45, 2.75) is 245 Å². The van der Waals surface area contributed by atoms with Crippen LogP contribution in [0.4, 0.5) is 17.1 Å². The zero-order valence-electron chi connectivity index (χ0n) is 52.1. The van der Waals surface area contributed by atoms with Gasteiger partial charge >= 0.3 is 17.6 Å².